The zero-order chi connectivity index (χ0) is 21.0. The van der Waals surface area contributed by atoms with E-state index in [9.17, 15) is 9.18 Å². The predicted molar refractivity (Wildman–Crippen MR) is 113 cm³/mol. The fourth-order valence-electron chi connectivity index (χ4n) is 4.41. The summed E-state index contributed by atoms with van der Waals surface area (Å²) in [6.45, 7) is 13.1. The lowest BCUT2D eigenvalue weighted by Crippen LogP contribution is -2.49. The van der Waals surface area contributed by atoms with Crippen molar-refractivity contribution >= 4 is 5.91 Å². The number of carbonyl (C=O) groups is 1. The molecule has 1 atom stereocenters. The van der Waals surface area contributed by atoms with Crippen molar-refractivity contribution in [2.45, 2.75) is 71.4 Å². The van der Waals surface area contributed by atoms with Crippen LogP contribution in [0.2, 0.25) is 0 Å². The average Bonchev–Trinajstić information content (AvgIpc) is 2.86. The summed E-state index contributed by atoms with van der Waals surface area (Å²) in [6.07, 6.45) is 2.15. The molecule has 0 spiro atoms. The van der Waals surface area contributed by atoms with Crippen LogP contribution >= 0.6 is 0 Å². The van der Waals surface area contributed by atoms with Gasteiger partial charge in [0.25, 0.3) is 0 Å². The summed E-state index contributed by atoms with van der Waals surface area (Å²) in [5.41, 5.74) is 0.954. The van der Waals surface area contributed by atoms with E-state index in [-0.39, 0.29) is 23.9 Å². The first-order valence-corrected chi connectivity index (χ1v) is 11.0. The molecular formula is C23H36FN3O2. The lowest BCUT2D eigenvalue weighted by atomic mass is 10.0. The van der Waals surface area contributed by atoms with Gasteiger partial charge >= 0.3 is 0 Å². The van der Waals surface area contributed by atoms with E-state index in [1.165, 1.54) is 12.1 Å². The Labute approximate surface area is 174 Å². The first-order chi connectivity index (χ1) is 13.8. The maximum atomic E-state index is 13.2. The molecule has 5 nitrogen and oxygen atoms in total. The molecule has 1 amide bonds. The van der Waals surface area contributed by atoms with Gasteiger partial charge in [-0.05, 0) is 71.3 Å². The van der Waals surface area contributed by atoms with Crippen LogP contribution in [-0.4, -0.2) is 77.6 Å². The molecule has 2 heterocycles. The maximum absolute atomic E-state index is 13.2. The minimum absolute atomic E-state index is 0.0444. The Balaban J connectivity index is 1.66. The molecule has 0 N–H and O–H groups in total. The fourth-order valence-corrected chi connectivity index (χ4v) is 4.41. The molecule has 0 bridgehead atoms. The zero-order valence-electron chi connectivity index (χ0n) is 18.3. The number of likely N-dealkylation sites (tertiary alicyclic amines) is 1. The third-order valence-electron chi connectivity index (χ3n) is 6.27. The molecule has 0 radical (unpaired) electrons. The summed E-state index contributed by atoms with van der Waals surface area (Å²) in [5, 5.41) is 0. The second kappa shape index (κ2) is 10.0. The van der Waals surface area contributed by atoms with Crippen molar-refractivity contribution in [3.63, 3.8) is 0 Å². The summed E-state index contributed by atoms with van der Waals surface area (Å²) in [4.78, 5) is 19.7. The van der Waals surface area contributed by atoms with Crippen LogP contribution in [0, 0.1) is 5.82 Å². The number of halogens is 1. The van der Waals surface area contributed by atoms with E-state index < -0.39 is 0 Å². The lowest BCUT2D eigenvalue weighted by Gasteiger charge is -2.39. The number of hydrogen-bond donors (Lipinski definition) is 0. The molecule has 2 aliphatic heterocycles. The standard InChI is InChI=1S/C23H36FN3O2/c1-17(2)25-11-9-21(10-12-25)26-13-22(14-27(18(3)4)23(28)15-26)29-16-19-5-7-20(24)8-6-19/h5-8,17-18,21-22H,9-16H2,1-4H3/t22-/m1/s1. The topological polar surface area (TPSA) is 36.0 Å². The summed E-state index contributed by atoms with van der Waals surface area (Å²) >= 11 is 0. The summed E-state index contributed by atoms with van der Waals surface area (Å²) in [5.74, 6) is -0.0436. The Morgan fingerprint density at radius 2 is 1.69 bits per heavy atom. The molecule has 0 unspecified atom stereocenters. The number of benzene rings is 1. The van der Waals surface area contributed by atoms with Gasteiger partial charge in [-0.1, -0.05) is 12.1 Å². The van der Waals surface area contributed by atoms with Gasteiger partial charge in [0.05, 0.1) is 19.3 Å². The molecule has 29 heavy (non-hydrogen) atoms. The normalized spacial score (nSPS) is 23.2. The first kappa shape index (κ1) is 22.2. The highest BCUT2D eigenvalue weighted by atomic mass is 19.1. The lowest BCUT2D eigenvalue weighted by molar-refractivity contribution is -0.134. The summed E-state index contributed by atoms with van der Waals surface area (Å²) in [6, 6.07) is 7.60. The van der Waals surface area contributed by atoms with Crippen molar-refractivity contribution < 1.29 is 13.9 Å². The highest BCUT2D eigenvalue weighted by Gasteiger charge is 2.34. The SMILES string of the molecule is CC(C)N1CCC(N2CC(=O)N(C(C)C)C[C@H](OCc3ccc(F)cc3)C2)CC1. The number of amides is 1. The molecule has 0 aliphatic carbocycles. The second-order valence-corrected chi connectivity index (χ2v) is 8.99. The highest BCUT2D eigenvalue weighted by molar-refractivity contribution is 5.79. The van der Waals surface area contributed by atoms with Gasteiger partial charge in [-0.25, -0.2) is 4.39 Å². The quantitative estimate of drug-likeness (QED) is 0.729. The molecular weight excluding hydrogens is 369 g/mol. The van der Waals surface area contributed by atoms with Gasteiger partial charge in [0.2, 0.25) is 5.91 Å². The molecule has 6 heteroatoms. The Morgan fingerprint density at radius 1 is 1.03 bits per heavy atom. The van der Waals surface area contributed by atoms with Crippen LogP contribution in [0.1, 0.15) is 46.1 Å². The summed E-state index contributed by atoms with van der Waals surface area (Å²) in [7, 11) is 0. The van der Waals surface area contributed by atoms with E-state index in [1.807, 2.05) is 4.90 Å². The van der Waals surface area contributed by atoms with Gasteiger partial charge in [-0.3, -0.25) is 9.69 Å². The minimum Gasteiger partial charge on any atom is -0.370 e. The van der Waals surface area contributed by atoms with Gasteiger partial charge in [-0.15, -0.1) is 0 Å². The van der Waals surface area contributed by atoms with Crippen LogP contribution in [0.25, 0.3) is 0 Å². The average molecular weight is 406 g/mol. The van der Waals surface area contributed by atoms with E-state index in [4.69, 9.17) is 4.74 Å². The van der Waals surface area contributed by atoms with Crippen molar-refractivity contribution in [2.24, 2.45) is 0 Å². The van der Waals surface area contributed by atoms with Gasteiger partial charge < -0.3 is 14.5 Å². The van der Waals surface area contributed by atoms with Crippen LogP contribution in [0.4, 0.5) is 4.39 Å². The Bertz CT molecular complexity index is 657. The van der Waals surface area contributed by atoms with Crippen molar-refractivity contribution in [3.05, 3.63) is 35.6 Å². The number of piperidine rings is 1. The van der Waals surface area contributed by atoms with E-state index >= 15 is 0 Å². The van der Waals surface area contributed by atoms with Crippen molar-refractivity contribution in [3.8, 4) is 0 Å². The van der Waals surface area contributed by atoms with Crippen LogP contribution in [0.5, 0.6) is 0 Å². The molecule has 162 valence electrons. The van der Waals surface area contributed by atoms with Crippen LogP contribution in [-0.2, 0) is 16.1 Å². The molecule has 1 aromatic carbocycles. The van der Waals surface area contributed by atoms with Gasteiger partial charge in [0.15, 0.2) is 0 Å². The summed E-state index contributed by atoms with van der Waals surface area (Å²) < 4.78 is 19.4. The fraction of sp³-hybridized carbons (Fsp3) is 0.696. The zero-order valence-corrected chi connectivity index (χ0v) is 18.3. The largest absolute Gasteiger partial charge is 0.370 e. The highest BCUT2D eigenvalue weighted by Crippen LogP contribution is 2.22. The third-order valence-corrected chi connectivity index (χ3v) is 6.27. The molecule has 2 aliphatic rings. The van der Waals surface area contributed by atoms with Crippen LogP contribution in [0.3, 0.4) is 0 Å². The second-order valence-electron chi connectivity index (χ2n) is 8.99. The number of rotatable bonds is 6. The predicted octanol–water partition coefficient (Wildman–Crippen LogP) is 3.14. The van der Waals surface area contributed by atoms with Crippen molar-refractivity contribution in [2.75, 3.05) is 32.7 Å². The molecule has 3 rings (SSSR count). The van der Waals surface area contributed by atoms with Crippen molar-refractivity contribution in [1.29, 1.82) is 0 Å². The number of ether oxygens (including phenoxy) is 1. The van der Waals surface area contributed by atoms with E-state index in [1.54, 1.807) is 12.1 Å². The first-order valence-electron chi connectivity index (χ1n) is 11.0. The monoisotopic (exact) mass is 405 g/mol. The van der Waals surface area contributed by atoms with E-state index in [0.29, 0.717) is 31.8 Å². The van der Waals surface area contributed by atoms with E-state index in [2.05, 4.69) is 37.5 Å². The van der Waals surface area contributed by atoms with Crippen molar-refractivity contribution in [1.82, 2.24) is 14.7 Å². The number of hydrogen-bond acceptors (Lipinski definition) is 4. The molecule has 0 aromatic heterocycles. The smallest absolute Gasteiger partial charge is 0.237 e. The molecule has 0 saturated carbocycles. The van der Waals surface area contributed by atoms with E-state index in [0.717, 1.165) is 38.0 Å². The van der Waals surface area contributed by atoms with Crippen LogP contribution in [0.15, 0.2) is 24.3 Å². The Hall–Kier alpha value is -1.50. The third kappa shape index (κ3) is 6.00. The Kier molecular flexibility index (Phi) is 7.66. The Morgan fingerprint density at radius 3 is 2.28 bits per heavy atom. The molecule has 1 aromatic rings. The van der Waals surface area contributed by atoms with Gasteiger partial charge in [0, 0.05) is 31.2 Å². The number of nitrogens with zero attached hydrogens (tertiary/aromatic N) is 3. The van der Waals surface area contributed by atoms with Gasteiger partial charge in [0.1, 0.15) is 5.82 Å². The minimum atomic E-state index is -0.237. The number of carbonyl (C=O) groups excluding carboxylic acids is 1. The molecule has 2 fully saturated rings. The maximum Gasteiger partial charge on any atom is 0.237 e. The van der Waals surface area contributed by atoms with Crippen LogP contribution < -0.4 is 0 Å². The van der Waals surface area contributed by atoms with Gasteiger partial charge in [-0.2, -0.15) is 0 Å². The molecule has 2 saturated heterocycles.